The van der Waals surface area contributed by atoms with Crippen LogP contribution in [0.1, 0.15) is 37.6 Å². The van der Waals surface area contributed by atoms with E-state index in [1.165, 1.54) is 12.1 Å². The maximum Gasteiger partial charge on any atom is 0.407 e. The van der Waals surface area contributed by atoms with Crippen LogP contribution in [0, 0.1) is 0 Å². The van der Waals surface area contributed by atoms with Crippen molar-refractivity contribution >= 4 is 12.1 Å². The number of alkyl carbamates (subject to hydrolysis) is 1. The van der Waals surface area contributed by atoms with Crippen LogP contribution >= 0.6 is 0 Å². The van der Waals surface area contributed by atoms with Crippen LogP contribution in [0.4, 0.5) is 4.79 Å². The number of aromatic carboxylic acids is 1. The summed E-state index contributed by atoms with van der Waals surface area (Å²) in [4.78, 5) is 22.8. The second kappa shape index (κ2) is 10.5. The first-order valence-electron chi connectivity index (χ1n) is 8.31. The third-order valence-electron chi connectivity index (χ3n) is 2.99. The first-order valence-corrected chi connectivity index (χ1v) is 8.31. The Morgan fingerprint density at radius 3 is 2.46 bits per heavy atom. The average Bonchev–Trinajstić information content (AvgIpc) is 2.53. The van der Waals surface area contributed by atoms with Crippen LogP contribution in [0.5, 0.6) is 11.5 Å². The molecule has 0 fully saturated rings. The monoisotopic (exact) mass is 369 g/mol. The fourth-order valence-electron chi connectivity index (χ4n) is 1.89. The standard InChI is InChI=1S/C18H27NO7/c1-18(2,3)26-17(22)19-8-5-9-25-15-12-13(24-11-10-23-4)6-7-14(15)16(20)21/h6-7,12H,5,8-11H2,1-4H3,(H,19,22)(H,20,21). The predicted octanol–water partition coefficient (Wildman–Crippen LogP) is 2.70. The van der Waals surface area contributed by atoms with Crippen LogP contribution in [0.15, 0.2) is 18.2 Å². The molecule has 0 aromatic heterocycles. The van der Waals surface area contributed by atoms with Crippen LogP contribution in [0.2, 0.25) is 0 Å². The molecular formula is C18H27NO7. The maximum atomic E-state index is 11.5. The maximum absolute atomic E-state index is 11.5. The van der Waals surface area contributed by atoms with Gasteiger partial charge in [0.1, 0.15) is 29.3 Å². The van der Waals surface area contributed by atoms with E-state index in [0.29, 0.717) is 31.9 Å². The second-order valence-electron chi connectivity index (χ2n) is 6.44. The van der Waals surface area contributed by atoms with E-state index < -0.39 is 17.7 Å². The highest BCUT2D eigenvalue weighted by atomic mass is 16.6. The summed E-state index contributed by atoms with van der Waals surface area (Å²) in [5.41, 5.74) is -0.510. The molecule has 0 aliphatic heterocycles. The summed E-state index contributed by atoms with van der Waals surface area (Å²) >= 11 is 0. The zero-order chi connectivity index (χ0) is 19.6. The van der Waals surface area contributed by atoms with Crippen LogP contribution in [-0.2, 0) is 9.47 Å². The summed E-state index contributed by atoms with van der Waals surface area (Å²) in [5, 5.41) is 11.9. The number of amides is 1. The summed E-state index contributed by atoms with van der Waals surface area (Å²) in [7, 11) is 1.57. The molecule has 0 saturated heterocycles. The number of benzene rings is 1. The van der Waals surface area contributed by atoms with Crippen LogP contribution in [-0.4, -0.2) is 56.2 Å². The van der Waals surface area contributed by atoms with Crippen molar-refractivity contribution in [3.8, 4) is 11.5 Å². The lowest BCUT2D eigenvalue weighted by Gasteiger charge is -2.19. The van der Waals surface area contributed by atoms with Gasteiger partial charge < -0.3 is 29.4 Å². The van der Waals surface area contributed by atoms with Gasteiger partial charge in [0.05, 0.1) is 13.2 Å². The number of carbonyl (C=O) groups is 2. The second-order valence-corrected chi connectivity index (χ2v) is 6.44. The van der Waals surface area contributed by atoms with Gasteiger partial charge in [-0.1, -0.05) is 0 Å². The first-order chi connectivity index (χ1) is 12.2. The lowest BCUT2D eigenvalue weighted by atomic mass is 10.2. The van der Waals surface area contributed by atoms with Gasteiger partial charge in [-0.2, -0.15) is 0 Å². The molecule has 0 heterocycles. The highest BCUT2D eigenvalue weighted by molar-refractivity contribution is 5.91. The zero-order valence-electron chi connectivity index (χ0n) is 15.7. The van der Waals surface area contributed by atoms with Gasteiger partial charge in [-0.05, 0) is 39.3 Å². The highest BCUT2D eigenvalue weighted by Crippen LogP contribution is 2.25. The largest absolute Gasteiger partial charge is 0.492 e. The van der Waals surface area contributed by atoms with Crippen molar-refractivity contribution < 1.29 is 33.6 Å². The molecule has 0 unspecified atom stereocenters. The Kier molecular flexibility index (Phi) is 8.71. The minimum atomic E-state index is -1.09. The average molecular weight is 369 g/mol. The molecule has 2 N–H and O–H groups in total. The Labute approximate surface area is 153 Å². The van der Waals surface area contributed by atoms with Gasteiger partial charge in [0.15, 0.2) is 0 Å². The predicted molar refractivity (Wildman–Crippen MR) is 95.1 cm³/mol. The third kappa shape index (κ3) is 8.57. The van der Waals surface area contributed by atoms with Gasteiger partial charge >= 0.3 is 12.1 Å². The number of nitrogens with one attached hydrogen (secondary N) is 1. The van der Waals surface area contributed by atoms with Gasteiger partial charge in [-0.3, -0.25) is 0 Å². The molecule has 0 atom stereocenters. The molecule has 8 heteroatoms. The number of hydrogen-bond acceptors (Lipinski definition) is 6. The molecule has 146 valence electrons. The smallest absolute Gasteiger partial charge is 0.407 e. The molecule has 1 aromatic rings. The lowest BCUT2D eigenvalue weighted by molar-refractivity contribution is 0.0525. The lowest BCUT2D eigenvalue weighted by Crippen LogP contribution is -2.33. The summed E-state index contributed by atoms with van der Waals surface area (Å²) in [6.45, 7) is 6.70. The molecule has 0 radical (unpaired) electrons. The molecule has 26 heavy (non-hydrogen) atoms. The minimum Gasteiger partial charge on any atom is -0.492 e. The van der Waals surface area contributed by atoms with Crippen molar-refractivity contribution in [3.05, 3.63) is 23.8 Å². The normalized spacial score (nSPS) is 10.9. The fourth-order valence-corrected chi connectivity index (χ4v) is 1.89. The van der Waals surface area contributed by atoms with E-state index in [0.717, 1.165) is 0 Å². The van der Waals surface area contributed by atoms with Crippen molar-refractivity contribution in [1.29, 1.82) is 0 Å². The van der Waals surface area contributed by atoms with Gasteiger partial charge in [0, 0.05) is 19.7 Å². The summed E-state index contributed by atoms with van der Waals surface area (Å²) in [6, 6.07) is 4.52. The molecule has 0 aliphatic carbocycles. The summed E-state index contributed by atoms with van der Waals surface area (Å²) in [5.74, 6) is -0.381. The van der Waals surface area contributed by atoms with E-state index >= 15 is 0 Å². The van der Waals surface area contributed by atoms with Crippen molar-refractivity contribution in [2.75, 3.05) is 33.5 Å². The van der Waals surface area contributed by atoms with E-state index in [2.05, 4.69) is 5.32 Å². The SMILES string of the molecule is COCCOc1ccc(C(=O)O)c(OCCCNC(=O)OC(C)(C)C)c1. The summed E-state index contributed by atoms with van der Waals surface area (Å²) in [6.07, 6.45) is -0.00942. The van der Waals surface area contributed by atoms with Crippen LogP contribution in [0.25, 0.3) is 0 Å². The van der Waals surface area contributed by atoms with E-state index in [1.807, 2.05) is 0 Å². The van der Waals surface area contributed by atoms with Crippen LogP contribution < -0.4 is 14.8 Å². The van der Waals surface area contributed by atoms with E-state index in [1.54, 1.807) is 33.9 Å². The van der Waals surface area contributed by atoms with E-state index in [4.69, 9.17) is 18.9 Å². The highest BCUT2D eigenvalue weighted by Gasteiger charge is 2.16. The molecular weight excluding hydrogens is 342 g/mol. The fraction of sp³-hybridized carbons (Fsp3) is 0.556. The minimum absolute atomic E-state index is 0.0455. The van der Waals surface area contributed by atoms with Crippen molar-refractivity contribution in [2.45, 2.75) is 32.8 Å². The molecule has 0 saturated carbocycles. The number of hydrogen-bond donors (Lipinski definition) is 2. The number of carboxylic acids is 1. The first kappa shape index (κ1) is 21.6. The molecule has 1 rings (SSSR count). The topological polar surface area (TPSA) is 103 Å². The number of methoxy groups -OCH3 is 1. The van der Waals surface area contributed by atoms with Crippen LogP contribution in [0.3, 0.4) is 0 Å². The Morgan fingerprint density at radius 2 is 1.85 bits per heavy atom. The van der Waals surface area contributed by atoms with Crippen molar-refractivity contribution in [2.24, 2.45) is 0 Å². The Hall–Kier alpha value is -2.48. The van der Waals surface area contributed by atoms with E-state index in [9.17, 15) is 14.7 Å². The van der Waals surface area contributed by atoms with Gasteiger partial charge in [-0.15, -0.1) is 0 Å². The number of carboxylic acid groups (broad SMARTS) is 1. The van der Waals surface area contributed by atoms with Gasteiger partial charge in [-0.25, -0.2) is 9.59 Å². The zero-order valence-corrected chi connectivity index (χ0v) is 15.7. The van der Waals surface area contributed by atoms with Crippen molar-refractivity contribution in [1.82, 2.24) is 5.32 Å². The molecule has 8 nitrogen and oxygen atoms in total. The summed E-state index contributed by atoms with van der Waals surface area (Å²) < 4.78 is 21.0. The molecule has 0 aliphatic rings. The van der Waals surface area contributed by atoms with Gasteiger partial charge in [0.25, 0.3) is 0 Å². The number of rotatable bonds is 10. The van der Waals surface area contributed by atoms with E-state index in [-0.39, 0.29) is 17.9 Å². The molecule has 1 amide bonds. The Balaban J connectivity index is 2.50. The third-order valence-corrected chi connectivity index (χ3v) is 2.99. The molecule has 1 aromatic carbocycles. The number of carbonyl (C=O) groups excluding carboxylic acids is 1. The Bertz CT molecular complexity index is 596. The quantitative estimate of drug-likeness (QED) is 0.611. The number of ether oxygens (including phenoxy) is 4. The molecule has 0 spiro atoms. The Morgan fingerprint density at radius 1 is 1.12 bits per heavy atom. The molecule has 0 bridgehead atoms. The van der Waals surface area contributed by atoms with Gasteiger partial charge in [0.2, 0.25) is 0 Å². The van der Waals surface area contributed by atoms with Crippen molar-refractivity contribution in [3.63, 3.8) is 0 Å².